The Bertz CT molecular complexity index is 408. The van der Waals surface area contributed by atoms with Crippen LogP contribution in [0.2, 0.25) is 5.02 Å². The van der Waals surface area contributed by atoms with Gasteiger partial charge in [0.25, 0.3) is 0 Å². The summed E-state index contributed by atoms with van der Waals surface area (Å²) < 4.78 is 0. The van der Waals surface area contributed by atoms with Crippen LogP contribution in [0.25, 0.3) is 0 Å². The van der Waals surface area contributed by atoms with E-state index in [1.54, 1.807) is 0 Å². The number of hydrogen-bond donors (Lipinski definition) is 1. The molecule has 1 fully saturated rings. The van der Waals surface area contributed by atoms with Gasteiger partial charge in [-0.05, 0) is 56.4 Å². The number of benzene rings is 1. The molecule has 0 radical (unpaired) electrons. The third-order valence-corrected chi connectivity index (χ3v) is 4.55. The van der Waals surface area contributed by atoms with Crippen molar-refractivity contribution >= 4 is 11.6 Å². The van der Waals surface area contributed by atoms with E-state index in [9.17, 15) is 0 Å². The van der Waals surface area contributed by atoms with E-state index in [1.807, 2.05) is 12.1 Å². The van der Waals surface area contributed by atoms with E-state index in [0.717, 1.165) is 30.5 Å². The first-order valence-corrected chi connectivity index (χ1v) is 8.28. The highest BCUT2D eigenvalue weighted by Gasteiger charge is 2.19. The van der Waals surface area contributed by atoms with E-state index in [0.29, 0.717) is 6.04 Å². The molecule has 0 aromatic heterocycles. The minimum Gasteiger partial charge on any atom is -0.310 e. The van der Waals surface area contributed by atoms with Crippen molar-refractivity contribution in [2.75, 3.05) is 26.2 Å². The maximum absolute atomic E-state index is 6.35. The van der Waals surface area contributed by atoms with E-state index in [4.69, 9.17) is 11.6 Å². The number of likely N-dealkylation sites (tertiary alicyclic amines) is 1. The molecule has 0 spiro atoms. The lowest BCUT2D eigenvalue weighted by Crippen LogP contribution is -2.36. The topological polar surface area (TPSA) is 15.3 Å². The second-order valence-electron chi connectivity index (χ2n) is 5.97. The molecular formula is C17H27ClN2. The zero-order valence-electron chi connectivity index (χ0n) is 12.7. The van der Waals surface area contributed by atoms with Gasteiger partial charge in [0.05, 0.1) is 0 Å². The summed E-state index contributed by atoms with van der Waals surface area (Å²) in [6.45, 7) is 9.17. The Balaban J connectivity index is 1.94. The van der Waals surface area contributed by atoms with Gasteiger partial charge in [-0.2, -0.15) is 0 Å². The van der Waals surface area contributed by atoms with Crippen LogP contribution < -0.4 is 5.32 Å². The minimum atomic E-state index is 0.367. The number of nitrogens with zero attached hydrogens (tertiary/aromatic N) is 1. The van der Waals surface area contributed by atoms with Crippen molar-refractivity contribution in [3.8, 4) is 0 Å². The average Bonchev–Trinajstić information content (AvgIpc) is 2.44. The second-order valence-corrected chi connectivity index (χ2v) is 6.38. The summed E-state index contributed by atoms with van der Waals surface area (Å²) in [6.07, 6.45) is 3.86. The molecule has 112 valence electrons. The fourth-order valence-electron chi connectivity index (χ4n) is 3.17. The Hall–Kier alpha value is -0.570. The van der Waals surface area contributed by atoms with Crippen LogP contribution >= 0.6 is 11.6 Å². The zero-order chi connectivity index (χ0) is 14.4. The average molecular weight is 295 g/mol. The smallest absolute Gasteiger partial charge is 0.0453 e. The summed E-state index contributed by atoms with van der Waals surface area (Å²) in [4.78, 5) is 2.61. The Morgan fingerprint density at radius 1 is 1.40 bits per heavy atom. The fourth-order valence-corrected chi connectivity index (χ4v) is 3.44. The van der Waals surface area contributed by atoms with E-state index >= 15 is 0 Å². The van der Waals surface area contributed by atoms with Gasteiger partial charge in [-0.15, -0.1) is 0 Å². The largest absolute Gasteiger partial charge is 0.310 e. The SMILES string of the molecule is CCNC(CCN1CCCC(C)C1)c1ccccc1Cl. The molecule has 20 heavy (non-hydrogen) atoms. The molecule has 2 unspecified atom stereocenters. The predicted molar refractivity (Wildman–Crippen MR) is 87.3 cm³/mol. The lowest BCUT2D eigenvalue weighted by atomic mass is 9.98. The first kappa shape index (κ1) is 15.8. The number of rotatable bonds is 6. The van der Waals surface area contributed by atoms with Crippen LogP contribution in [-0.4, -0.2) is 31.1 Å². The molecule has 0 saturated carbocycles. The van der Waals surface area contributed by atoms with Crippen molar-refractivity contribution in [3.05, 3.63) is 34.9 Å². The van der Waals surface area contributed by atoms with Crippen molar-refractivity contribution in [2.24, 2.45) is 5.92 Å². The van der Waals surface area contributed by atoms with Gasteiger partial charge in [0.1, 0.15) is 0 Å². The second kappa shape index (κ2) is 8.02. The summed E-state index contributed by atoms with van der Waals surface area (Å²) in [5.41, 5.74) is 1.24. The molecule has 1 aliphatic heterocycles. The van der Waals surface area contributed by atoms with Gasteiger partial charge in [-0.3, -0.25) is 0 Å². The van der Waals surface area contributed by atoms with E-state index in [2.05, 4.69) is 36.2 Å². The standard InChI is InChI=1S/C17H27ClN2/c1-3-19-17(15-8-4-5-9-16(15)18)10-12-20-11-6-7-14(2)13-20/h4-5,8-9,14,17,19H,3,6-7,10-13H2,1-2H3. The normalized spacial score (nSPS) is 21.9. The van der Waals surface area contributed by atoms with Crippen molar-refractivity contribution in [2.45, 2.75) is 39.2 Å². The Morgan fingerprint density at radius 2 is 2.20 bits per heavy atom. The van der Waals surface area contributed by atoms with E-state index < -0.39 is 0 Å². The number of halogens is 1. The van der Waals surface area contributed by atoms with E-state index in [1.165, 1.54) is 31.5 Å². The highest BCUT2D eigenvalue weighted by atomic mass is 35.5. The molecule has 0 amide bonds. The highest BCUT2D eigenvalue weighted by molar-refractivity contribution is 6.31. The van der Waals surface area contributed by atoms with Crippen LogP contribution in [0.1, 0.15) is 44.7 Å². The van der Waals surface area contributed by atoms with Crippen LogP contribution in [0.4, 0.5) is 0 Å². The van der Waals surface area contributed by atoms with Gasteiger partial charge < -0.3 is 10.2 Å². The molecule has 1 heterocycles. The maximum atomic E-state index is 6.35. The molecule has 0 bridgehead atoms. The molecule has 1 aromatic carbocycles. The van der Waals surface area contributed by atoms with Gasteiger partial charge in [0.2, 0.25) is 0 Å². The van der Waals surface area contributed by atoms with Crippen molar-refractivity contribution < 1.29 is 0 Å². The zero-order valence-corrected chi connectivity index (χ0v) is 13.5. The number of nitrogens with one attached hydrogen (secondary N) is 1. The lowest BCUT2D eigenvalue weighted by molar-refractivity contribution is 0.176. The van der Waals surface area contributed by atoms with Crippen LogP contribution in [-0.2, 0) is 0 Å². The maximum Gasteiger partial charge on any atom is 0.0453 e. The summed E-state index contributed by atoms with van der Waals surface area (Å²) in [6, 6.07) is 8.58. The third-order valence-electron chi connectivity index (χ3n) is 4.21. The molecule has 1 N–H and O–H groups in total. The summed E-state index contributed by atoms with van der Waals surface area (Å²) in [5, 5.41) is 4.46. The quantitative estimate of drug-likeness (QED) is 0.849. The fraction of sp³-hybridized carbons (Fsp3) is 0.647. The van der Waals surface area contributed by atoms with Gasteiger partial charge in [-0.25, -0.2) is 0 Å². The predicted octanol–water partition coefficient (Wildman–Crippen LogP) is 4.11. The van der Waals surface area contributed by atoms with Crippen LogP contribution in [0.15, 0.2) is 24.3 Å². The van der Waals surface area contributed by atoms with Crippen LogP contribution in [0.5, 0.6) is 0 Å². The summed E-state index contributed by atoms with van der Waals surface area (Å²) in [5.74, 6) is 0.849. The van der Waals surface area contributed by atoms with E-state index in [-0.39, 0.29) is 0 Å². The molecule has 1 aromatic rings. The first-order chi connectivity index (χ1) is 9.70. The molecule has 2 rings (SSSR count). The molecule has 2 atom stereocenters. The van der Waals surface area contributed by atoms with Crippen molar-refractivity contribution in [1.29, 1.82) is 0 Å². The lowest BCUT2D eigenvalue weighted by Gasteiger charge is -2.32. The van der Waals surface area contributed by atoms with Crippen LogP contribution in [0.3, 0.4) is 0 Å². The highest BCUT2D eigenvalue weighted by Crippen LogP contribution is 2.26. The number of hydrogen-bond acceptors (Lipinski definition) is 2. The number of piperidine rings is 1. The Morgan fingerprint density at radius 3 is 2.90 bits per heavy atom. The van der Waals surface area contributed by atoms with Gasteiger partial charge >= 0.3 is 0 Å². The molecule has 2 nitrogen and oxygen atoms in total. The van der Waals surface area contributed by atoms with Crippen molar-refractivity contribution in [3.63, 3.8) is 0 Å². The monoisotopic (exact) mass is 294 g/mol. The summed E-state index contributed by atoms with van der Waals surface area (Å²) in [7, 11) is 0. The molecule has 3 heteroatoms. The van der Waals surface area contributed by atoms with Gasteiger partial charge in [0.15, 0.2) is 0 Å². The molecule has 1 aliphatic rings. The molecule has 0 aliphatic carbocycles. The van der Waals surface area contributed by atoms with Gasteiger partial charge in [-0.1, -0.05) is 43.6 Å². The van der Waals surface area contributed by atoms with Crippen molar-refractivity contribution in [1.82, 2.24) is 10.2 Å². The van der Waals surface area contributed by atoms with Gasteiger partial charge in [0, 0.05) is 17.6 Å². The first-order valence-electron chi connectivity index (χ1n) is 7.91. The molecular weight excluding hydrogens is 268 g/mol. The Kier molecular flexibility index (Phi) is 6.34. The Labute approximate surface area is 128 Å². The minimum absolute atomic E-state index is 0.367. The third kappa shape index (κ3) is 4.47. The molecule has 1 saturated heterocycles. The summed E-state index contributed by atoms with van der Waals surface area (Å²) >= 11 is 6.35. The van der Waals surface area contributed by atoms with Crippen LogP contribution in [0, 0.1) is 5.92 Å².